The Balaban J connectivity index is 0.00000301. The minimum Gasteiger partial charge on any atom is -0.515 e. The topological polar surface area (TPSA) is 49.8 Å². The van der Waals surface area contributed by atoms with Crippen LogP contribution in [0.2, 0.25) is 0 Å². The third-order valence-electron chi connectivity index (χ3n) is 4.53. The smallest absolute Gasteiger partial charge is 0.143 e. The van der Waals surface area contributed by atoms with Crippen molar-refractivity contribution in [1.82, 2.24) is 4.90 Å². The Hall–Kier alpha value is -1.55. The van der Waals surface area contributed by atoms with Gasteiger partial charge in [-0.15, -0.1) is 0 Å². The summed E-state index contributed by atoms with van der Waals surface area (Å²) in [6, 6.07) is 0. The molecule has 1 heterocycles. The summed E-state index contributed by atoms with van der Waals surface area (Å²) >= 11 is 0. The summed E-state index contributed by atoms with van der Waals surface area (Å²) in [5.74, 6) is 1.05. The van der Waals surface area contributed by atoms with Crippen LogP contribution in [0.1, 0.15) is 74.7 Å². The number of Topliss-reactive ketones (excluding diaryl/α,β-unsaturated/α-hetero) is 1. The first-order valence-corrected chi connectivity index (χ1v) is 9.85. The van der Waals surface area contributed by atoms with Crippen LogP contribution in [0.3, 0.4) is 0 Å². The third kappa shape index (κ3) is 7.36. The van der Waals surface area contributed by atoms with Crippen molar-refractivity contribution >= 4 is 5.78 Å². The van der Waals surface area contributed by atoms with Crippen molar-refractivity contribution in [2.24, 2.45) is 0 Å². The highest BCUT2D eigenvalue weighted by Gasteiger charge is 2.35. The summed E-state index contributed by atoms with van der Waals surface area (Å²) in [6.07, 6.45) is 5.93. The lowest BCUT2D eigenvalue weighted by Gasteiger charge is -2.41. The van der Waals surface area contributed by atoms with Crippen molar-refractivity contribution in [3.05, 3.63) is 34.8 Å². The first kappa shape index (κ1) is 24.5. The van der Waals surface area contributed by atoms with Crippen molar-refractivity contribution in [3.63, 3.8) is 0 Å². The van der Waals surface area contributed by atoms with Gasteiger partial charge in [0.2, 0.25) is 0 Å². The molecule has 0 spiro atoms. The highest BCUT2D eigenvalue weighted by atomic mass is 16.5. The quantitative estimate of drug-likeness (QED) is 0.572. The molecule has 0 aliphatic carbocycles. The van der Waals surface area contributed by atoms with Crippen LogP contribution in [0.5, 0.6) is 0 Å². The molecule has 0 saturated heterocycles. The molecule has 4 nitrogen and oxygen atoms in total. The molecule has 1 aliphatic rings. The predicted octanol–water partition coefficient (Wildman–Crippen LogP) is 5.56. The summed E-state index contributed by atoms with van der Waals surface area (Å²) < 4.78 is 6.43. The normalized spacial score (nSPS) is 21.3. The van der Waals surface area contributed by atoms with Crippen molar-refractivity contribution in [2.45, 2.75) is 80.3 Å². The second kappa shape index (κ2) is 11.9. The number of aliphatic hydroxyl groups excluding tert-OH is 1. The number of aliphatic hydroxyl groups is 1. The predicted molar refractivity (Wildman–Crippen MR) is 110 cm³/mol. The Kier molecular flexibility index (Phi) is 11.2. The van der Waals surface area contributed by atoms with E-state index in [9.17, 15) is 9.90 Å². The zero-order valence-electron chi connectivity index (χ0n) is 18.1. The van der Waals surface area contributed by atoms with E-state index in [1.807, 2.05) is 40.7 Å². The van der Waals surface area contributed by atoms with Crippen LogP contribution in [-0.4, -0.2) is 41.0 Å². The van der Waals surface area contributed by atoms with Crippen LogP contribution in [0, 0.1) is 0 Å². The lowest BCUT2D eigenvalue weighted by molar-refractivity contribution is -0.119. The largest absolute Gasteiger partial charge is 0.515 e. The third-order valence-corrected chi connectivity index (χ3v) is 4.53. The molecule has 0 fully saturated rings. The Labute approximate surface area is 160 Å². The number of ketones is 1. The molecule has 26 heavy (non-hydrogen) atoms. The van der Waals surface area contributed by atoms with Crippen molar-refractivity contribution in [3.8, 4) is 0 Å². The molecule has 1 rings (SSSR count). The second-order valence-electron chi connectivity index (χ2n) is 7.06. The van der Waals surface area contributed by atoms with Gasteiger partial charge in [0.05, 0.1) is 12.8 Å². The monoisotopic (exact) mass is 365 g/mol. The number of nitrogens with zero attached hydrogens (tertiary/aromatic N) is 1. The van der Waals surface area contributed by atoms with Gasteiger partial charge in [0.15, 0.2) is 0 Å². The van der Waals surface area contributed by atoms with Crippen molar-refractivity contribution in [2.75, 3.05) is 19.6 Å². The van der Waals surface area contributed by atoms with Crippen LogP contribution in [0.25, 0.3) is 0 Å². The molecule has 4 heteroatoms. The van der Waals surface area contributed by atoms with Gasteiger partial charge < -0.3 is 9.84 Å². The van der Waals surface area contributed by atoms with E-state index in [1.54, 1.807) is 6.92 Å². The average molecular weight is 366 g/mol. The fourth-order valence-corrected chi connectivity index (χ4v) is 3.20. The number of hydrogen-bond donors (Lipinski definition) is 1. The zero-order chi connectivity index (χ0) is 20.3. The molecular formula is C22H39NO3. The Morgan fingerprint density at radius 2 is 1.88 bits per heavy atom. The highest BCUT2D eigenvalue weighted by Crippen LogP contribution is 2.38. The lowest BCUT2D eigenvalue weighted by Crippen LogP contribution is -2.46. The van der Waals surface area contributed by atoms with Crippen LogP contribution in [-0.2, 0) is 9.53 Å². The van der Waals surface area contributed by atoms with Gasteiger partial charge in [0.25, 0.3) is 0 Å². The summed E-state index contributed by atoms with van der Waals surface area (Å²) in [5, 5.41) is 9.39. The molecule has 1 N–H and O–H groups in total. The van der Waals surface area contributed by atoms with Crippen LogP contribution < -0.4 is 0 Å². The molecule has 0 aromatic rings. The standard InChI is InChI=1S/C20H33NO3.C2H6/c1-7-11-21(12-17(5)23)14-20(6)10-9-18(16(4)13-22)19(24-20)15(3)8-2;1-2/h8,13,22H,7,9-12,14H2,1-6H3;1-2H3/b15-8+,16-13+;. The van der Waals surface area contributed by atoms with Gasteiger partial charge in [-0.25, -0.2) is 0 Å². The van der Waals surface area contributed by atoms with E-state index in [-0.39, 0.29) is 11.4 Å². The van der Waals surface area contributed by atoms with Gasteiger partial charge in [-0.3, -0.25) is 9.69 Å². The first-order valence-electron chi connectivity index (χ1n) is 9.85. The fourth-order valence-electron chi connectivity index (χ4n) is 3.20. The van der Waals surface area contributed by atoms with Crippen LogP contribution in [0.4, 0.5) is 0 Å². The van der Waals surface area contributed by atoms with E-state index in [4.69, 9.17) is 4.74 Å². The first-order chi connectivity index (χ1) is 12.3. The number of carbonyl (C=O) groups excluding carboxylic acids is 1. The van der Waals surface area contributed by atoms with E-state index in [0.717, 1.165) is 61.1 Å². The van der Waals surface area contributed by atoms with E-state index in [0.29, 0.717) is 6.54 Å². The Morgan fingerprint density at radius 1 is 1.27 bits per heavy atom. The molecule has 1 unspecified atom stereocenters. The number of allylic oxidation sites excluding steroid dienone is 4. The number of ether oxygens (including phenoxy) is 1. The minimum absolute atomic E-state index is 0.183. The molecule has 1 atom stereocenters. The van der Waals surface area contributed by atoms with E-state index in [1.165, 1.54) is 0 Å². The Morgan fingerprint density at radius 3 is 2.35 bits per heavy atom. The summed E-state index contributed by atoms with van der Waals surface area (Å²) in [7, 11) is 0. The molecule has 0 saturated carbocycles. The average Bonchev–Trinajstić information content (AvgIpc) is 2.61. The second-order valence-corrected chi connectivity index (χ2v) is 7.06. The van der Waals surface area contributed by atoms with Gasteiger partial charge in [-0.1, -0.05) is 26.8 Å². The SMILES string of the molecule is C/C=C(\C)C1=C(/C(C)=C/O)CCC(C)(CN(CCC)CC(C)=O)O1.CC. The number of rotatable bonds is 8. The maximum absolute atomic E-state index is 11.5. The molecule has 0 amide bonds. The molecule has 0 aromatic heterocycles. The minimum atomic E-state index is -0.330. The summed E-state index contributed by atoms with van der Waals surface area (Å²) in [4.78, 5) is 13.7. The maximum Gasteiger partial charge on any atom is 0.143 e. The van der Waals surface area contributed by atoms with Crippen molar-refractivity contribution in [1.29, 1.82) is 0 Å². The molecule has 0 aromatic carbocycles. The van der Waals surface area contributed by atoms with Crippen LogP contribution >= 0.6 is 0 Å². The lowest BCUT2D eigenvalue weighted by atomic mass is 9.88. The van der Waals surface area contributed by atoms with Gasteiger partial charge in [0, 0.05) is 12.1 Å². The van der Waals surface area contributed by atoms with Gasteiger partial charge in [-0.2, -0.15) is 0 Å². The fraction of sp³-hybridized carbons (Fsp3) is 0.682. The van der Waals surface area contributed by atoms with E-state index < -0.39 is 0 Å². The Bertz CT molecular complexity index is 546. The molecule has 150 valence electrons. The maximum atomic E-state index is 11.5. The van der Waals surface area contributed by atoms with E-state index in [2.05, 4.69) is 18.7 Å². The summed E-state index contributed by atoms with van der Waals surface area (Å²) in [6.45, 7) is 17.9. The summed E-state index contributed by atoms with van der Waals surface area (Å²) in [5.41, 5.74) is 2.66. The molecule has 0 bridgehead atoms. The molecular weight excluding hydrogens is 326 g/mol. The zero-order valence-corrected chi connectivity index (χ0v) is 18.1. The van der Waals surface area contributed by atoms with Gasteiger partial charge in [0.1, 0.15) is 17.1 Å². The number of carbonyl (C=O) groups is 1. The number of hydrogen-bond acceptors (Lipinski definition) is 4. The molecule has 0 radical (unpaired) electrons. The molecule has 1 aliphatic heterocycles. The van der Waals surface area contributed by atoms with E-state index >= 15 is 0 Å². The highest BCUT2D eigenvalue weighted by molar-refractivity contribution is 5.77. The van der Waals surface area contributed by atoms with Crippen molar-refractivity contribution < 1.29 is 14.6 Å². The van der Waals surface area contributed by atoms with Gasteiger partial charge >= 0.3 is 0 Å². The van der Waals surface area contributed by atoms with Crippen LogP contribution in [0.15, 0.2) is 34.8 Å². The van der Waals surface area contributed by atoms with Gasteiger partial charge in [-0.05, 0) is 71.6 Å².